The van der Waals surface area contributed by atoms with Crippen molar-refractivity contribution in [3.8, 4) is 11.1 Å². The van der Waals surface area contributed by atoms with E-state index in [1.807, 2.05) is 12.1 Å². The lowest BCUT2D eigenvalue weighted by atomic mass is 10.1. The van der Waals surface area contributed by atoms with E-state index in [1.54, 1.807) is 24.7 Å². The molecule has 66 valence electrons. The van der Waals surface area contributed by atoms with Crippen LogP contribution in [0, 0.1) is 0 Å². The fraction of sp³-hybridized carbons (Fsp3) is 0. The SMILES string of the molecule is Nc1ccc(Cl)cc1-c1ccoc1. The Morgan fingerprint density at radius 2 is 2.08 bits per heavy atom. The van der Waals surface area contributed by atoms with Gasteiger partial charge in [-0.3, -0.25) is 0 Å². The Hall–Kier alpha value is -1.41. The zero-order chi connectivity index (χ0) is 9.26. The molecule has 13 heavy (non-hydrogen) atoms. The molecule has 0 amide bonds. The molecule has 0 saturated carbocycles. The average molecular weight is 194 g/mol. The third-order valence-electron chi connectivity index (χ3n) is 1.85. The van der Waals surface area contributed by atoms with Crippen molar-refractivity contribution in [2.75, 3.05) is 5.73 Å². The van der Waals surface area contributed by atoms with E-state index in [9.17, 15) is 0 Å². The molecule has 0 bridgehead atoms. The Balaban J connectivity index is 2.57. The minimum absolute atomic E-state index is 0.672. The van der Waals surface area contributed by atoms with Gasteiger partial charge in [0.2, 0.25) is 0 Å². The first-order valence-electron chi connectivity index (χ1n) is 3.85. The molecule has 0 spiro atoms. The molecule has 2 N–H and O–H groups in total. The number of halogens is 1. The second-order valence-electron chi connectivity index (χ2n) is 2.74. The molecule has 0 unspecified atom stereocenters. The maximum atomic E-state index is 5.85. The smallest absolute Gasteiger partial charge is 0.0981 e. The molecule has 0 aliphatic heterocycles. The van der Waals surface area contributed by atoms with Gasteiger partial charge < -0.3 is 10.2 Å². The van der Waals surface area contributed by atoms with Crippen molar-refractivity contribution in [2.45, 2.75) is 0 Å². The topological polar surface area (TPSA) is 39.2 Å². The summed E-state index contributed by atoms with van der Waals surface area (Å²) in [5, 5.41) is 0.672. The van der Waals surface area contributed by atoms with Crippen LogP contribution in [0.3, 0.4) is 0 Å². The number of benzene rings is 1. The lowest BCUT2D eigenvalue weighted by Gasteiger charge is -2.02. The second-order valence-corrected chi connectivity index (χ2v) is 3.18. The summed E-state index contributed by atoms with van der Waals surface area (Å²) in [5.41, 5.74) is 8.33. The minimum atomic E-state index is 0.672. The summed E-state index contributed by atoms with van der Waals surface area (Å²) in [4.78, 5) is 0. The van der Waals surface area contributed by atoms with E-state index >= 15 is 0 Å². The number of rotatable bonds is 1. The van der Waals surface area contributed by atoms with Crippen LogP contribution in [0.1, 0.15) is 0 Å². The second kappa shape index (κ2) is 3.15. The van der Waals surface area contributed by atoms with E-state index < -0.39 is 0 Å². The molecule has 0 atom stereocenters. The molecule has 0 fully saturated rings. The van der Waals surface area contributed by atoms with E-state index in [4.69, 9.17) is 21.8 Å². The average Bonchev–Trinajstić information content (AvgIpc) is 2.61. The van der Waals surface area contributed by atoms with E-state index in [1.165, 1.54) is 0 Å². The maximum Gasteiger partial charge on any atom is 0.0981 e. The van der Waals surface area contributed by atoms with Gasteiger partial charge in [0.05, 0.1) is 12.5 Å². The lowest BCUT2D eigenvalue weighted by Crippen LogP contribution is -1.88. The first kappa shape index (κ1) is 8.20. The number of nitrogens with two attached hydrogens (primary N) is 1. The summed E-state index contributed by atoms with van der Waals surface area (Å²) in [6.07, 6.45) is 3.25. The van der Waals surface area contributed by atoms with Crippen molar-refractivity contribution in [1.82, 2.24) is 0 Å². The largest absolute Gasteiger partial charge is 0.472 e. The zero-order valence-corrected chi connectivity index (χ0v) is 7.58. The van der Waals surface area contributed by atoms with Gasteiger partial charge in [0.25, 0.3) is 0 Å². The Morgan fingerprint density at radius 3 is 2.77 bits per heavy atom. The standard InChI is InChI=1S/C10H8ClNO/c11-8-1-2-10(12)9(5-8)7-3-4-13-6-7/h1-6H,12H2. The molecule has 2 rings (SSSR count). The van der Waals surface area contributed by atoms with Crippen molar-refractivity contribution in [3.63, 3.8) is 0 Å². The molecule has 0 aliphatic carbocycles. The van der Waals surface area contributed by atoms with Gasteiger partial charge in [-0.05, 0) is 24.3 Å². The van der Waals surface area contributed by atoms with Crippen LogP contribution < -0.4 is 5.73 Å². The number of furan rings is 1. The van der Waals surface area contributed by atoms with Gasteiger partial charge in [-0.15, -0.1) is 0 Å². The molecule has 0 aliphatic rings. The monoisotopic (exact) mass is 193 g/mol. The molecule has 1 aromatic carbocycles. The molecule has 2 nitrogen and oxygen atoms in total. The Kier molecular flexibility index (Phi) is 1.99. The van der Waals surface area contributed by atoms with Crippen LogP contribution >= 0.6 is 11.6 Å². The van der Waals surface area contributed by atoms with Crippen molar-refractivity contribution in [2.24, 2.45) is 0 Å². The fourth-order valence-electron chi connectivity index (χ4n) is 1.20. The zero-order valence-electron chi connectivity index (χ0n) is 6.83. The van der Waals surface area contributed by atoms with Gasteiger partial charge in [-0.25, -0.2) is 0 Å². The molecule has 3 heteroatoms. The van der Waals surface area contributed by atoms with Crippen molar-refractivity contribution in [3.05, 3.63) is 41.8 Å². The predicted octanol–water partition coefficient (Wildman–Crippen LogP) is 3.18. The first-order chi connectivity index (χ1) is 6.27. The summed E-state index contributed by atoms with van der Waals surface area (Å²) >= 11 is 5.85. The quantitative estimate of drug-likeness (QED) is 0.707. The Bertz CT molecular complexity index is 409. The van der Waals surface area contributed by atoms with Crippen LogP contribution in [0.2, 0.25) is 5.02 Å². The molecule has 2 aromatic rings. The number of hydrogen-bond acceptors (Lipinski definition) is 2. The van der Waals surface area contributed by atoms with E-state index in [-0.39, 0.29) is 0 Å². The highest BCUT2D eigenvalue weighted by molar-refractivity contribution is 6.31. The summed E-state index contributed by atoms with van der Waals surface area (Å²) in [6.45, 7) is 0. The van der Waals surface area contributed by atoms with Crippen LogP contribution in [-0.4, -0.2) is 0 Å². The molecule has 0 saturated heterocycles. The van der Waals surface area contributed by atoms with Crippen LogP contribution in [0.4, 0.5) is 5.69 Å². The van der Waals surface area contributed by atoms with Gasteiger partial charge >= 0.3 is 0 Å². The van der Waals surface area contributed by atoms with Crippen molar-refractivity contribution in [1.29, 1.82) is 0 Å². The minimum Gasteiger partial charge on any atom is -0.472 e. The normalized spacial score (nSPS) is 10.2. The molecule has 0 radical (unpaired) electrons. The van der Waals surface area contributed by atoms with Gasteiger partial charge in [0.1, 0.15) is 0 Å². The molecular weight excluding hydrogens is 186 g/mol. The lowest BCUT2D eigenvalue weighted by molar-refractivity contribution is 0.568. The third-order valence-corrected chi connectivity index (χ3v) is 2.08. The van der Waals surface area contributed by atoms with E-state index in [0.717, 1.165) is 11.1 Å². The van der Waals surface area contributed by atoms with Gasteiger partial charge in [0, 0.05) is 21.8 Å². The molecule has 1 aromatic heterocycles. The van der Waals surface area contributed by atoms with Crippen LogP contribution in [-0.2, 0) is 0 Å². The number of anilines is 1. The van der Waals surface area contributed by atoms with Crippen LogP contribution in [0.5, 0.6) is 0 Å². The van der Waals surface area contributed by atoms with Crippen LogP contribution in [0.15, 0.2) is 41.2 Å². The number of nitrogen functional groups attached to an aromatic ring is 1. The van der Waals surface area contributed by atoms with E-state index in [2.05, 4.69) is 0 Å². The highest BCUT2D eigenvalue weighted by Crippen LogP contribution is 2.28. The Morgan fingerprint density at radius 1 is 1.23 bits per heavy atom. The number of hydrogen-bond donors (Lipinski definition) is 1. The predicted molar refractivity (Wildman–Crippen MR) is 53.6 cm³/mol. The van der Waals surface area contributed by atoms with Crippen molar-refractivity contribution >= 4 is 17.3 Å². The first-order valence-corrected chi connectivity index (χ1v) is 4.23. The van der Waals surface area contributed by atoms with Gasteiger partial charge in [-0.2, -0.15) is 0 Å². The highest BCUT2D eigenvalue weighted by atomic mass is 35.5. The van der Waals surface area contributed by atoms with Crippen LogP contribution in [0.25, 0.3) is 11.1 Å². The highest BCUT2D eigenvalue weighted by Gasteiger charge is 2.03. The third kappa shape index (κ3) is 1.53. The Labute approximate surface area is 80.9 Å². The van der Waals surface area contributed by atoms with Gasteiger partial charge in [0.15, 0.2) is 0 Å². The fourth-order valence-corrected chi connectivity index (χ4v) is 1.37. The van der Waals surface area contributed by atoms with Crippen molar-refractivity contribution < 1.29 is 4.42 Å². The van der Waals surface area contributed by atoms with E-state index in [0.29, 0.717) is 10.7 Å². The summed E-state index contributed by atoms with van der Waals surface area (Å²) in [5.74, 6) is 0. The summed E-state index contributed by atoms with van der Waals surface area (Å²) < 4.78 is 4.97. The molecule has 1 heterocycles. The summed E-state index contributed by atoms with van der Waals surface area (Å²) in [6, 6.07) is 7.22. The maximum absolute atomic E-state index is 5.85. The molecular formula is C10H8ClNO. The summed E-state index contributed by atoms with van der Waals surface area (Å²) in [7, 11) is 0. The van der Waals surface area contributed by atoms with Gasteiger partial charge in [-0.1, -0.05) is 11.6 Å².